The maximum Gasteiger partial charge on any atom is 0.187 e. The van der Waals surface area contributed by atoms with E-state index in [9.17, 15) is 0 Å². The van der Waals surface area contributed by atoms with E-state index in [-0.39, 0.29) is 4.75 Å². The Morgan fingerprint density at radius 2 is 1.88 bits per heavy atom. The van der Waals surface area contributed by atoms with E-state index in [1.165, 1.54) is 0 Å². The number of rotatable bonds is 5. The second-order valence-electron chi connectivity index (χ2n) is 4.77. The van der Waals surface area contributed by atoms with Gasteiger partial charge in [0, 0.05) is 29.2 Å². The van der Waals surface area contributed by atoms with Gasteiger partial charge in [-0.15, -0.1) is 0 Å². The molecule has 0 atom stereocenters. The van der Waals surface area contributed by atoms with Gasteiger partial charge in [-0.1, -0.05) is 39.5 Å². The molecule has 1 rings (SSSR count). The first-order chi connectivity index (χ1) is 7.51. The minimum Gasteiger partial charge on any atom is -0.313 e. The lowest BCUT2D eigenvalue weighted by Crippen LogP contribution is -2.14. The molecule has 0 aliphatic carbocycles. The molecule has 0 fully saturated rings. The molecule has 0 bridgehead atoms. The third-order valence-corrected chi connectivity index (χ3v) is 2.84. The molecule has 0 aliphatic heterocycles. The summed E-state index contributed by atoms with van der Waals surface area (Å²) in [5.41, 5.74) is 1.15. The Labute approximate surface area is 102 Å². The first kappa shape index (κ1) is 13.5. The summed E-state index contributed by atoms with van der Waals surface area (Å²) in [6.45, 7) is 10.5. The second-order valence-corrected chi connectivity index (χ2v) is 6.56. The summed E-state index contributed by atoms with van der Waals surface area (Å²) in [5.74, 6) is 0. The van der Waals surface area contributed by atoms with Crippen molar-refractivity contribution in [3.8, 4) is 0 Å². The highest BCUT2D eigenvalue weighted by molar-refractivity contribution is 8.00. The highest BCUT2D eigenvalue weighted by atomic mass is 32.2. The Hall–Kier alpha value is -0.610. The second kappa shape index (κ2) is 6.21. The summed E-state index contributed by atoms with van der Waals surface area (Å²) in [7, 11) is 0. The van der Waals surface area contributed by atoms with Crippen molar-refractivity contribution in [3.63, 3.8) is 0 Å². The van der Waals surface area contributed by atoms with Gasteiger partial charge in [0.2, 0.25) is 0 Å². The summed E-state index contributed by atoms with van der Waals surface area (Å²) >= 11 is 1.70. The molecule has 3 nitrogen and oxygen atoms in total. The van der Waals surface area contributed by atoms with Gasteiger partial charge >= 0.3 is 0 Å². The molecule has 0 saturated carbocycles. The van der Waals surface area contributed by atoms with E-state index >= 15 is 0 Å². The minimum atomic E-state index is 0.169. The Morgan fingerprint density at radius 1 is 1.25 bits per heavy atom. The molecule has 1 N–H and O–H groups in total. The maximum absolute atomic E-state index is 4.35. The number of hydrogen-bond donors (Lipinski definition) is 1. The highest BCUT2D eigenvalue weighted by Gasteiger charge is 2.13. The fourth-order valence-corrected chi connectivity index (χ4v) is 1.93. The molecule has 90 valence electrons. The van der Waals surface area contributed by atoms with Crippen LogP contribution in [0.4, 0.5) is 0 Å². The largest absolute Gasteiger partial charge is 0.313 e. The maximum atomic E-state index is 4.35. The van der Waals surface area contributed by atoms with Crippen LogP contribution in [0.1, 0.15) is 39.7 Å². The van der Waals surface area contributed by atoms with Crippen molar-refractivity contribution < 1.29 is 0 Å². The first-order valence-corrected chi connectivity index (χ1v) is 6.53. The molecule has 0 aliphatic rings. The molecule has 0 amide bonds. The molecule has 0 radical (unpaired) electrons. The smallest absolute Gasteiger partial charge is 0.187 e. The molecule has 0 saturated heterocycles. The molecule has 4 heteroatoms. The van der Waals surface area contributed by atoms with Crippen LogP contribution in [-0.4, -0.2) is 21.3 Å². The molecule has 1 heterocycles. The van der Waals surface area contributed by atoms with E-state index in [1.807, 2.05) is 12.4 Å². The van der Waals surface area contributed by atoms with Gasteiger partial charge < -0.3 is 5.32 Å². The topological polar surface area (TPSA) is 37.8 Å². The van der Waals surface area contributed by atoms with E-state index in [2.05, 4.69) is 43.0 Å². The minimum absolute atomic E-state index is 0.169. The van der Waals surface area contributed by atoms with Gasteiger partial charge in [-0.05, 0) is 13.0 Å². The van der Waals surface area contributed by atoms with Crippen LogP contribution in [0.15, 0.2) is 17.6 Å². The Bertz CT molecular complexity index is 303. The molecule has 0 unspecified atom stereocenters. The van der Waals surface area contributed by atoms with E-state index in [1.54, 1.807) is 11.8 Å². The molecule has 1 aromatic rings. The van der Waals surface area contributed by atoms with Crippen molar-refractivity contribution in [2.45, 2.75) is 50.6 Å². The lowest BCUT2D eigenvalue weighted by atomic mass is 10.3. The van der Waals surface area contributed by atoms with Crippen LogP contribution in [-0.2, 0) is 6.54 Å². The normalized spacial score (nSPS) is 11.8. The quantitative estimate of drug-likeness (QED) is 0.487. The number of thioether (sulfide) groups is 1. The zero-order valence-electron chi connectivity index (χ0n) is 10.6. The van der Waals surface area contributed by atoms with Gasteiger partial charge in [-0.25, -0.2) is 9.97 Å². The molecule has 0 aromatic carbocycles. The molecule has 16 heavy (non-hydrogen) atoms. The predicted molar refractivity (Wildman–Crippen MR) is 69.6 cm³/mol. The lowest BCUT2D eigenvalue weighted by Gasteiger charge is -2.15. The fraction of sp³-hybridized carbons (Fsp3) is 0.667. The van der Waals surface area contributed by atoms with Crippen LogP contribution in [0.3, 0.4) is 0 Å². The van der Waals surface area contributed by atoms with Crippen LogP contribution in [0, 0.1) is 0 Å². The predicted octanol–water partition coefficient (Wildman–Crippen LogP) is 2.87. The van der Waals surface area contributed by atoms with E-state index in [0.29, 0.717) is 0 Å². The highest BCUT2D eigenvalue weighted by Crippen LogP contribution is 2.28. The van der Waals surface area contributed by atoms with Crippen LogP contribution < -0.4 is 5.32 Å². The number of hydrogen-bond acceptors (Lipinski definition) is 4. The van der Waals surface area contributed by atoms with Crippen LogP contribution in [0.5, 0.6) is 0 Å². The van der Waals surface area contributed by atoms with Crippen molar-refractivity contribution in [2.24, 2.45) is 0 Å². The molecular formula is C12H21N3S. The Balaban J connectivity index is 2.48. The third-order valence-electron chi connectivity index (χ3n) is 1.83. The zero-order chi connectivity index (χ0) is 12.0. The molecular weight excluding hydrogens is 218 g/mol. The molecule has 1 aromatic heterocycles. The standard InChI is InChI=1S/C12H21N3S/c1-5-6-13-7-10-8-14-11(15-9-10)16-12(2,3)4/h8-9,13H,5-7H2,1-4H3. The zero-order valence-corrected chi connectivity index (χ0v) is 11.4. The van der Waals surface area contributed by atoms with Gasteiger partial charge in [-0.2, -0.15) is 0 Å². The van der Waals surface area contributed by atoms with E-state index in [0.717, 1.165) is 30.2 Å². The Kier molecular flexibility index (Phi) is 5.22. The third kappa shape index (κ3) is 5.47. The average molecular weight is 239 g/mol. The number of nitrogens with zero attached hydrogens (tertiary/aromatic N) is 2. The van der Waals surface area contributed by atoms with Gasteiger partial charge in [0.25, 0.3) is 0 Å². The van der Waals surface area contributed by atoms with Crippen molar-refractivity contribution >= 4 is 11.8 Å². The SMILES string of the molecule is CCCNCc1cnc(SC(C)(C)C)nc1. The van der Waals surface area contributed by atoms with E-state index < -0.39 is 0 Å². The van der Waals surface area contributed by atoms with Crippen molar-refractivity contribution in [3.05, 3.63) is 18.0 Å². The van der Waals surface area contributed by atoms with E-state index in [4.69, 9.17) is 0 Å². The van der Waals surface area contributed by atoms with Crippen LogP contribution >= 0.6 is 11.8 Å². The summed E-state index contributed by atoms with van der Waals surface area (Å²) in [6.07, 6.45) is 4.96. The Morgan fingerprint density at radius 3 is 2.38 bits per heavy atom. The van der Waals surface area contributed by atoms with Crippen molar-refractivity contribution in [2.75, 3.05) is 6.54 Å². The number of nitrogens with one attached hydrogen (secondary N) is 1. The molecule has 0 spiro atoms. The monoisotopic (exact) mass is 239 g/mol. The van der Waals surface area contributed by atoms with Crippen molar-refractivity contribution in [1.82, 2.24) is 15.3 Å². The van der Waals surface area contributed by atoms with Crippen LogP contribution in [0.2, 0.25) is 0 Å². The summed E-state index contributed by atoms with van der Waals surface area (Å²) in [5, 5.41) is 4.19. The summed E-state index contributed by atoms with van der Waals surface area (Å²) in [4.78, 5) is 8.71. The van der Waals surface area contributed by atoms with Crippen molar-refractivity contribution in [1.29, 1.82) is 0 Å². The van der Waals surface area contributed by atoms with Gasteiger partial charge in [0.15, 0.2) is 5.16 Å². The van der Waals surface area contributed by atoms with Crippen LogP contribution in [0.25, 0.3) is 0 Å². The fourth-order valence-electron chi connectivity index (χ4n) is 1.17. The average Bonchev–Trinajstić information content (AvgIpc) is 2.19. The lowest BCUT2D eigenvalue weighted by molar-refractivity contribution is 0.669. The van der Waals surface area contributed by atoms with Gasteiger partial charge in [-0.3, -0.25) is 0 Å². The first-order valence-electron chi connectivity index (χ1n) is 5.72. The number of aromatic nitrogens is 2. The summed E-state index contributed by atoms with van der Waals surface area (Å²) in [6, 6.07) is 0. The van der Waals surface area contributed by atoms with Gasteiger partial charge in [0.1, 0.15) is 0 Å². The van der Waals surface area contributed by atoms with Gasteiger partial charge in [0.05, 0.1) is 0 Å². The summed E-state index contributed by atoms with van der Waals surface area (Å²) < 4.78 is 0.169.